The van der Waals surface area contributed by atoms with E-state index in [1.807, 2.05) is 47.4 Å². The highest BCUT2D eigenvalue weighted by molar-refractivity contribution is 5.95. The van der Waals surface area contributed by atoms with Crippen molar-refractivity contribution in [3.63, 3.8) is 0 Å². The number of carbonyl (C=O) groups excluding carboxylic acids is 2. The van der Waals surface area contributed by atoms with Crippen molar-refractivity contribution in [2.45, 2.75) is 24.6 Å². The monoisotopic (exact) mass is 607 g/mol. The molecule has 2 amide bonds. The highest BCUT2D eigenvalue weighted by Crippen LogP contribution is 2.29. The number of nitrogens with zero attached hydrogens (tertiary/aromatic N) is 2. The lowest BCUT2D eigenvalue weighted by atomic mass is 9.96. The van der Waals surface area contributed by atoms with Crippen LogP contribution in [0.25, 0.3) is 0 Å². The third kappa shape index (κ3) is 8.35. The van der Waals surface area contributed by atoms with Gasteiger partial charge in [-0.2, -0.15) is 0 Å². The van der Waals surface area contributed by atoms with Crippen LogP contribution in [0.15, 0.2) is 115 Å². The zero-order valence-corrected chi connectivity index (χ0v) is 24.9. The molecule has 0 radical (unpaired) electrons. The summed E-state index contributed by atoms with van der Waals surface area (Å²) in [5.41, 5.74) is 3.49. The summed E-state index contributed by atoms with van der Waals surface area (Å²) in [6, 6.07) is 35.1. The lowest BCUT2D eigenvalue weighted by Crippen LogP contribution is -2.51. The fourth-order valence-electron chi connectivity index (χ4n) is 5.59. The van der Waals surface area contributed by atoms with Crippen molar-refractivity contribution in [3.05, 3.63) is 138 Å². The minimum absolute atomic E-state index is 0.109. The van der Waals surface area contributed by atoms with Gasteiger partial charge in [-0.05, 0) is 47.4 Å². The molecule has 0 unspecified atom stereocenters. The predicted molar refractivity (Wildman–Crippen MR) is 170 cm³/mol. The van der Waals surface area contributed by atoms with Crippen LogP contribution < -0.4 is 10.1 Å². The van der Waals surface area contributed by atoms with Crippen LogP contribution in [0.4, 0.5) is 0 Å². The van der Waals surface area contributed by atoms with Crippen LogP contribution in [0.1, 0.15) is 33.1 Å². The number of nitrogens with one attached hydrogen (secondary N) is 1. The molecule has 0 aliphatic carbocycles. The molecule has 1 fully saturated rings. The summed E-state index contributed by atoms with van der Waals surface area (Å²) in [6.07, 6.45) is -1.62. The van der Waals surface area contributed by atoms with Crippen LogP contribution in [0.3, 0.4) is 0 Å². The summed E-state index contributed by atoms with van der Waals surface area (Å²) in [5, 5.41) is 22.2. The number of aliphatic hydroxyl groups excluding tert-OH is 1. The van der Waals surface area contributed by atoms with Gasteiger partial charge in [0.05, 0.1) is 12.1 Å². The van der Waals surface area contributed by atoms with Crippen molar-refractivity contribution in [2.24, 2.45) is 0 Å². The minimum atomic E-state index is -1.77. The van der Waals surface area contributed by atoms with Crippen LogP contribution in [0.2, 0.25) is 0 Å². The summed E-state index contributed by atoms with van der Waals surface area (Å²) < 4.78 is 5.74. The molecular weight excluding hydrogens is 570 g/mol. The summed E-state index contributed by atoms with van der Waals surface area (Å²) in [5.74, 6) is -1.63. The maximum absolute atomic E-state index is 13.0. The second-order valence-corrected chi connectivity index (χ2v) is 11.0. The van der Waals surface area contributed by atoms with Crippen molar-refractivity contribution >= 4 is 17.8 Å². The number of rotatable bonds is 12. The number of aliphatic hydroxyl groups is 1. The zero-order valence-electron chi connectivity index (χ0n) is 24.9. The average Bonchev–Trinajstić information content (AvgIpc) is 3.08. The number of carbonyl (C=O) groups is 3. The molecular formula is C36H37N3O6. The lowest BCUT2D eigenvalue weighted by Gasteiger charge is -2.39. The van der Waals surface area contributed by atoms with Crippen molar-refractivity contribution in [1.82, 2.24) is 15.1 Å². The third-order valence-electron chi connectivity index (χ3n) is 7.99. The average molecular weight is 608 g/mol. The van der Waals surface area contributed by atoms with Gasteiger partial charge in [0.25, 0.3) is 11.8 Å². The van der Waals surface area contributed by atoms with Gasteiger partial charge in [0.15, 0.2) is 12.7 Å². The van der Waals surface area contributed by atoms with Gasteiger partial charge in [0.2, 0.25) is 0 Å². The van der Waals surface area contributed by atoms with E-state index in [1.165, 1.54) is 23.3 Å². The van der Waals surface area contributed by atoms with Gasteiger partial charge in [-0.25, -0.2) is 4.79 Å². The van der Waals surface area contributed by atoms with E-state index in [1.54, 1.807) is 36.4 Å². The van der Waals surface area contributed by atoms with Crippen LogP contribution >= 0.6 is 0 Å². The molecule has 0 bridgehead atoms. The molecule has 1 aliphatic rings. The Hall–Kier alpha value is -4.99. The second kappa shape index (κ2) is 15.1. The maximum Gasteiger partial charge on any atom is 0.334 e. The highest BCUT2D eigenvalue weighted by Gasteiger charge is 2.29. The molecule has 5 rings (SSSR count). The van der Waals surface area contributed by atoms with Gasteiger partial charge in [-0.15, -0.1) is 0 Å². The highest BCUT2D eigenvalue weighted by atomic mass is 16.5. The van der Waals surface area contributed by atoms with Crippen LogP contribution in [0, 0.1) is 0 Å². The number of amides is 2. The first-order chi connectivity index (χ1) is 21.9. The zero-order chi connectivity index (χ0) is 31.6. The van der Waals surface area contributed by atoms with Gasteiger partial charge in [0, 0.05) is 31.7 Å². The van der Waals surface area contributed by atoms with Gasteiger partial charge in [-0.1, -0.05) is 91.0 Å². The Balaban J connectivity index is 1.13. The number of carboxylic acids is 1. The first-order valence-electron chi connectivity index (χ1n) is 15.0. The van der Waals surface area contributed by atoms with Crippen LogP contribution in [0.5, 0.6) is 5.75 Å². The Morgan fingerprint density at radius 3 is 1.80 bits per heavy atom. The van der Waals surface area contributed by atoms with Crippen molar-refractivity contribution in [3.8, 4) is 5.75 Å². The predicted octanol–water partition coefficient (Wildman–Crippen LogP) is 3.79. The molecule has 4 aromatic carbocycles. The van der Waals surface area contributed by atoms with E-state index < -0.39 is 24.0 Å². The number of piperazine rings is 1. The van der Waals surface area contributed by atoms with Gasteiger partial charge >= 0.3 is 5.97 Å². The lowest BCUT2D eigenvalue weighted by molar-refractivity contribution is -0.148. The molecule has 0 spiro atoms. The van der Waals surface area contributed by atoms with E-state index in [4.69, 9.17) is 4.74 Å². The second-order valence-electron chi connectivity index (χ2n) is 11.0. The maximum atomic E-state index is 13.0. The standard InChI is InChI=1S/C36H37N3O6/c40-32(38-20-22-39(23-21-38)33(27-12-6-2-7-13-27)28-14-8-3-9-15-28)25-45-30-18-16-29(17-19-30)35(42)37-31(34(41)36(43)44)24-26-10-4-1-5-11-26/h1-19,31,33-34,41H,20-25H2,(H,37,42)(H,43,44)/t31-,34+/m0/s1. The minimum Gasteiger partial charge on any atom is -0.484 e. The fraction of sp³-hybridized carbons (Fsp3) is 0.250. The summed E-state index contributed by atoms with van der Waals surface area (Å²) in [6.45, 7) is 2.50. The van der Waals surface area contributed by atoms with Crippen molar-refractivity contribution < 1.29 is 29.3 Å². The Labute approximate surface area is 262 Å². The molecule has 3 N–H and O–H groups in total. The molecule has 9 nitrogen and oxygen atoms in total. The first-order valence-corrected chi connectivity index (χ1v) is 15.0. The molecule has 2 atom stereocenters. The van der Waals surface area contributed by atoms with E-state index in [0.717, 1.165) is 18.7 Å². The summed E-state index contributed by atoms with van der Waals surface area (Å²) >= 11 is 0. The topological polar surface area (TPSA) is 119 Å². The Morgan fingerprint density at radius 2 is 1.27 bits per heavy atom. The van der Waals surface area contributed by atoms with Gasteiger partial charge < -0.3 is 25.2 Å². The van der Waals surface area contributed by atoms with Crippen molar-refractivity contribution in [1.29, 1.82) is 0 Å². The largest absolute Gasteiger partial charge is 0.484 e. The normalized spacial score (nSPS) is 14.8. The van der Waals surface area contributed by atoms with Crippen LogP contribution in [-0.2, 0) is 16.0 Å². The molecule has 1 aliphatic heterocycles. The fourth-order valence-corrected chi connectivity index (χ4v) is 5.59. The van der Waals surface area contributed by atoms with E-state index in [0.29, 0.717) is 18.8 Å². The molecule has 9 heteroatoms. The SMILES string of the molecule is O=C(N[C@@H](Cc1ccccc1)[C@@H](O)C(=O)O)c1ccc(OCC(=O)N2CCN(C(c3ccccc3)c3ccccc3)CC2)cc1. The van der Waals surface area contributed by atoms with E-state index in [2.05, 4.69) is 34.5 Å². The number of ether oxygens (including phenoxy) is 1. The molecule has 45 heavy (non-hydrogen) atoms. The summed E-state index contributed by atoms with van der Waals surface area (Å²) in [7, 11) is 0. The first kappa shape index (κ1) is 31.4. The van der Waals surface area contributed by atoms with E-state index in [9.17, 15) is 24.6 Å². The number of hydrogen-bond acceptors (Lipinski definition) is 6. The third-order valence-corrected chi connectivity index (χ3v) is 7.99. The summed E-state index contributed by atoms with van der Waals surface area (Å²) in [4.78, 5) is 41.6. The number of carboxylic acid groups (broad SMARTS) is 1. The molecule has 4 aromatic rings. The van der Waals surface area contributed by atoms with E-state index in [-0.39, 0.29) is 30.5 Å². The quantitative estimate of drug-likeness (QED) is 0.224. The van der Waals surface area contributed by atoms with Crippen molar-refractivity contribution in [2.75, 3.05) is 32.8 Å². The molecule has 0 saturated carbocycles. The van der Waals surface area contributed by atoms with Crippen LogP contribution in [-0.4, -0.2) is 82.7 Å². The molecule has 232 valence electrons. The van der Waals surface area contributed by atoms with E-state index >= 15 is 0 Å². The van der Waals surface area contributed by atoms with Gasteiger partial charge in [-0.3, -0.25) is 14.5 Å². The molecule has 0 aromatic heterocycles. The Morgan fingerprint density at radius 1 is 0.733 bits per heavy atom. The molecule has 1 saturated heterocycles. The number of benzene rings is 4. The smallest absolute Gasteiger partial charge is 0.334 e. The Bertz CT molecular complexity index is 1500. The van der Waals surface area contributed by atoms with Gasteiger partial charge in [0.1, 0.15) is 5.75 Å². The Kier molecular flexibility index (Phi) is 10.6. The molecule has 1 heterocycles. The number of aliphatic carboxylic acids is 1. The number of hydrogen-bond donors (Lipinski definition) is 3.